The maximum absolute atomic E-state index is 9.37. The van der Waals surface area contributed by atoms with Crippen molar-refractivity contribution in [1.29, 1.82) is 0 Å². The number of phenols is 1. The van der Waals surface area contributed by atoms with Crippen molar-refractivity contribution < 1.29 is 5.11 Å². The summed E-state index contributed by atoms with van der Waals surface area (Å²) in [6, 6.07) is 5.54. The second kappa shape index (κ2) is 2.43. The molecule has 0 aliphatic carbocycles. The molecular formula is C8H10N2O. The zero-order valence-electron chi connectivity index (χ0n) is 6.09. The second-order valence-electron chi connectivity index (χ2n) is 2.59. The molecule has 1 aliphatic heterocycles. The van der Waals surface area contributed by atoms with Gasteiger partial charge in [0.1, 0.15) is 5.75 Å². The van der Waals surface area contributed by atoms with Gasteiger partial charge in [0, 0.05) is 6.54 Å². The molecule has 0 saturated carbocycles. The molecule has 3 nitrogen and oxygen atoms in total. The van der Waals surface area contributed by atoms with Crippen LogP contribution >= 0.6 is 0 Å². The van der Waals surface area contributed by atoms with Crippen LogP contribution in [0.25, 0.3) is 0 Å². The Morgan fingerprint density at radius 2 is 2.27 bits per heavy atom. The summed E-state index contributed by atoms with van der Waals surface area (Å²) in [5.74, 6) is 0.337. The zero-order valence-corrected chi connectivity index (χ0v) is 6.09. The number of aromatic hydroxyl groups is 1. The van der Waals surface area contributed by atoms with Crippen LogP contribution in [0.1, 0.15) is 5.56 Å². The van der Waals surface area contributed by atoms with Crippen LogP contribution in [0.4, 0.5) is 5.69 Å². The van der Waals surface area contributed by atoms with Gasteiger partial charge in [0.25, 0.3) is 0 Å². The van der Waals surface area contributed by atoms with Gasteiger partial charge in [-0.3, -0.25) is 5.32 Å². The minimum atomic E-state index is 0.337. The third-order valence-corrected chi connectivity index (χ3v) is 1.83. The molecule has 0 radical (unpaired) electrons. The van der Waals surface area contributed by atoms with Crippen molar-refractivity contribution >= 4 is 5.69 Å². The summed E-state index contributed by atoms with van der Waals surface area (Å²) in [5, 5.41) is 15.6. The van der Waals surface area contributed by atoms with E-state index in [9.17, 15) is 5.11 Å². The monoisotopic (exact) mass is 150 g/mol. The van der Waals surface area contributed by atoms with E-state index >= 15 is 0 Å². The molecule has 0 amide bonds. The molecule has 1 aromatic rings. The fraction of sp³-hybridized carbons (Fsp3) is 0.250. The van der Waals surface area contributed by atoms with E-state index in [1.54, 1.807) is 6.07 Å². The molecule has 0 aromatic heterocycles. The third-order valence-electron chi connectivity index (χ3n) is 1.83. The number of benzene rings is 1. The molecule has 0 bridgehead atoms. The first kappa shape index (κ1) is 6.49. The summed E-state index contributed by atoms with van der Waals surface area (Å²) >= 11 is 0. The SMILES string of the molecule is Oc1cccc2c1NCNC2. The van der Waals surface area contributed by atoms with Gasteiger partial charge in [-0.15, -0.1) is 0 Å². The zero-order chi connectivity index (χ0) is 7.68. The average Bonchev–Trinajstić information content (AvgIpc) is 2.06. The lowest BCUT2D eigenvalue weighted by Crippen LogP contribution is -2.27. The third kappa shape index (κ3) is 1.03. The lowest BCUT2D eigenvalue weighted by atomic mass is 10.1. The molecule has 0 fully saturated rings. The molecule has 0 unspecified atom stereocenters. The maximum atomic E-state index is 9.37. The Hall–Kier alpha value is -1.22. The maximum Gasteiger partial charge on any atom is 0.139 e. The number of hydrogen-bond acceptors (Lipinski definition) is 3. The number of nitrogens with one attached hydrogen (secondary N) is 2. The van der Waals surface area contributed by atoms with Crippen LogP contribution in [0.3, 0.4) is 0 Å². The quantitative estimate of drug-likeness (QED) is 0.481. The number of para-hydroxylation sites is 1. The van der Waals surface area contributed by atoms with Crippen LogP contribution in [0.15, 0.2) is 18.2 Å². The van der Waals surface area contributed by atoms with E-state index in [2.05, 4.69) is 10.6 Å². The number of fused-ring (bicyclic) bond motifs is 1. The van der Waals surface area contributed by atoms with Gasteiger partial charge in [-0.2, -0.15) is 0 Å². The van der Waals surface area contributed by atoms with Crippen LogP contribution < -0.4 is 10.6 Å². The van der Waals surface area contributed by atoms with Crippen molar-refractivity contribution in [2.45, 2.75) is 6.54 Å². The average molecular weight is 150 g/mol. The highest BCUT2D eigenvalue weighted by Gasteiger charge is 2.09. The first-order valence-electron chi connectivity index (χ1n) is 3.63. The standard InChI is InChI=1S/C8H10N2O/c11-7-3-1-2-6-4-9-5-10-8(6)7/h1-3,9-11H,4-5H2. The topological polar surface area (TPSA) is 44.3 Å². The van der Waals surface area contributed by atoms with Crippen molar-refractivity contribution in [3.05, 3.63) is 23.8 Å². The predicted molar refractivity (Wildman–Crippen MR) is 43.4 cm³/mol. The highest BCUT2D eigenvalue weighted by molar-refractivity contribution is 5.62. The van der Waals surface area contributed by atoms with Crippen LogP contribution in [0, 0.1) is 0 Å². The van der Waals surface area contributed by atoms with E-state index < -0.39 is 0 Å². The molecular weight excluding hydrogens is 140 g/mol. The summed E-state index contributed by atoms with van der Waals surface area (Å²) in [7, 11) is 0. The van der Waals surface area contributed by atoms with E-state index in [1.807, 2.05) is 12.1 Å². The van der Waals surface area contributed by atoms with Crippen molar-refractivity contribution in [2.75, 3.05) is 12.0 Å². The molecule has 58 valence electrons. The Kier molecular flexibility index (Phi) is 1.43. The molecule has 1 heterocycles. The Bertz CT molecular complexity index is 273. The van der Waals surface area contributed by atoms with E-state index in [-0.39, 0.29) is 0 Å². The van der Waals surface area contributed by atoms with Gasteiger partial charge in [0.15, 0.2) is 0 Å². The Morgan fingerprint density at radius 1 is 1.36 bits per heavy atom. The van der Waals surface area contributed by atoms with Gasteiger partial charge in [-0.05, 0) is 11.6 Å². The normalized spacial score (nSPS) is 15.3. The van der Waals surface area contributed by atoms with Gasteiger partial charge >= 0.3 is 0 Å². The molecule has 1 aromatic carbocycles. The number of anilines is 1. The van der Waals surface area contributed by atoms with Crippen molar-refractivity contribution in [2.24, 2.45) is 0 Å². The fourth-order valence-corrected chi connectivity index (χ4v) is 1.29. The molecule has 2 rings (SSSR count). The lowest BCUT2D eigenvalue weighted by Gasteiger charge is -2.19. The predicted octanol–water partition coefficient (Wildman–Crippen LogP) is 0.865. The van der Waals surface area contributed by atoms with Crippen LogP contribution in [-0.4, -0.2) is 11.8 Å². The van der Waals surface area contributed by atoms with Crippen molar-refractivity contribution in [3.8, 4) is 5.75 Å². The molecule has 3 N–H and O–H groups in total. The molecule has 3 heteroatoms. The van der Waals surface area contributed by atoms with Gasteiger partial charge in [-0.1, -0.05) is 12.1 Å². The highest BCUT2D eigenvalue weighted by atomic mass is 16.3. The minimum Gasteiger partial charge on any atom is -0.506 e. The highest BCUT2D eigenvalue weighted by Crippen LogP contribution is 2.28. The molecule has 1 aliphatic rings. The first-order valence-corrected chi connectivity index (χ1v) is 3.63. The number of rotatable bonds is 0. The summed E-state index contributed by atoms with van der Waals surface area (Å²) < 4.78 is 0. The molecule has 0 saturated heterocycles. The largest absolute Gasteiger partial charge is 0.506 e. The Morgan fingerprint density at radius 3 is 3.09 bits per heavy atom. The molecule has 0 atom stereocenters. The van der Waals surface area contributed by atoms with Crippen molar-refractivity contribution in [1.82, 2.24) is 5.32 Å². The van der Waals surface area contributed by atoms with Crippen molar-refractivity contribution in [3.63, 3.8) is 0 Å². The van der Waals surface area contributed by atoms with Gasteiger partial charge in [0.2, 0.25) is 0 Å². The van der Waals surface area contributed by atoms with E-state index in [4.69, 9.17) is 0 Å². The van der Waals surface area contributed by atoms with Crippen LogP contribution in [0.2, 0.25) is 0 Å². The Balaban J connectivity index is 2.49. The smallest absolute Gasteiger partial charge is 0.139 e. The van der Waals surface area contributed by atoms with E-state index in [0.29, 0.717) is 5.75 Å². The van der Waals surface area contributed by atoms with E-state index in [0.717, 1.165) is 24.5 Å². The van der Waals surface area contributed by atoms with E-state index in [1.165, 1.54) is 0 Å². The van der Waals surface area contributed by atoms with Crippen LogP contribution in [-0.2, 0) is 6.54 Å². The lowest BCUT2D eigenvalue weighted by molar-refractivity contribution is 0.474. The summed E-state index contributed by atoms with van der Waals surface area (Å²) in [6.07, 6.45) is 0. The van der Waals surface area contributed by atoms with Crippen LogP contribution in [0.5, 0.6) is 5.75 Å². The fourth-order valence-electron chi connectivity index (χ4n) is 1.29. The second-order valence-corrected chi connectivity index (χ2v) is 2.59. The number of hydrogen-bond donors (Lipinski definition) is 3. The summed E-state index contributed by atoms with van der Waals surface area (Å²) in [6.45, 7) is 1.56. The summed E-state index contributed by atoms with van der Waals surface area (Å²) in [4.78, 5) is 0. The minimum absolute atomic E-state index is 0.337. The molecule has 0 spiro atoms. The first-order chi connectivity index (χ1) is 5.38. The molecule has 11 heavy (non-hydrogen) atoms. The summed E-state index contributed by atoms with van der Waals surface area (Å²) in [5.41, 5.74) is 1.99. The Labute approximate surface area is 65.0 Å². The number of phenolic OH excluding ortho intramolecular Hbond substituents is 1. The van der Waals surface area contributed by atoms with Gasteiger partial charge in [-0.25, -0.2) is 0 Å². The van der Waals surface area contributed by atoms with Gasteiger partial charge in [0.05, 0.1) is 12.4 Å². The van der Waals surface area contributed by atoms with Gasteiger partial charge < -0.3 is 10.4 Å².